The van der Waals surface area contributed by atoms with Crippen molar-refractivity contribution in [3.8, 4) is 0 Å². The standard InChI is InChI=1S/C12H17NO3S/c1-16-8-3-7-13-12(15)6-5-10(14)11-4-2-9-17-11/h2,4,9H,3,5-8H2,1H3,(H,13,15). The molecule has 1 aromatic heterocycles. The predicted molar refractivity (Wildman–Crippen MR) is 67.4 cm³/mol. The Morgan fingerprint density at radius 1 is 1.41 bits per heavy atom. The lowest BCUT2D eigenvalue weighted by Gasteiger charge is -2.03. The van der Waals surface area contributed by atoms with Gasteiger partial charge < -0.3 is 10.1 Å². The van der Waals surface area contributed by atoms with Crippen molar-refractivity contribution >= 4 is 23.0 Å². The van der Waals surface area contributed by atoms with Crippen LogP contribution in [0.2, 0.25) is 0 Å². The van der Waals surface area contributed by atoms with Crippen molar-refractivity contribution in [2.75, 3.05) is 20.3 Å². The van der Waals surface area contributed by atoms with Crippen LogP contribution in [-0.4, -0.2) is 32.0 Å². The fraction of sp³-hybridized carbons (Fsp3) is 0.500. The normalized spacial score (nSPS) is 10.2. The van der Waals surface area contributed by atoms with Gasteiger partial charge in [0.25, 0.3) is 0 Å². The van der Waals surface area contributed by atoms with E-state index in [4.69, 9.17) is 4.74 Å². The van der Waals surface area contributed by atoms with Crippen LogP contribution in [0.5, 0.6) is 0 Å². The Morgan fingerprint density at radius 2 is 2.24 bits per heavy atom. The lowest BCUT2D eigenvalue weighted by Crippen LogP contribution is -2.25. The maximum Gasteiger partial charge on any atom is 0.220 e. The molecule has 17 heavy (non-hydrogen) atoms. The van der Waals surface area contributed by atoms with E-state index >= 15 is 0 Å². The Bertz CT molecular complexity index is 349. The molecule has 0 bridgehead atoms. The van der Waals surface area contributed by atoms with Gasteiger partial charge in [0, 0.05) is 33.1 Å². The van der Waals surface area contributed by atoms with Crippen LogP contribution < -0.4 is 5.32 Å². The number of methoxy groups -OCH3 is 1. The smallest absolute Gasteiger partial charge is 0.220 e. The van der Waals surface area contributed by atoms with Crippen LogP contribution in [0.4, 0.5) is 0 Å². The van der Waals surface area contributed by atoms with Gasteiger partial charge in [-0.25, -0.2) is 0 Å². The summed E-state index contributed by atoms with van der Waals surface area (Å²) in [5.41, 5.74) is 0. The molecule has 0 aliphatic rings. The molecule has 5 heteroatoms. The first-order valence-corrected chi connectivity index (χ1v) is 6.44. The molecule has 0 aromatic carbocycles. The fourth-order valence-electron chi connectivity index (χ4n) is 1.32. The maximum absolute atomic E-state index is 11.6. The number of hydrogen-bond acceptors (Lipinski definition) is 4. The second-order valence-corrected chi connectivity index (χ2v) is 4.54. The van der Waals surface area contributed by atoms with Crippen molar-refractivity contribution in [1.82, 2.24) is 5.32 Å². The van der Waals surface area contributed by atoms with Gasteiger partial charge in [0.1, 0.15) is 0 Å². The molecule has 1 aromatic rings. The Hall–Kier alpha value is -1.20. The largest absolute Gasteiger partial charge is 0.385 e. The third kappa shape index (κ3) is 5.60. The van der Waals surface area contributed by atoms with Crippen molar-refractivity contribution in [1.29, 1.82) is 0 Å². The molecule has 4 nitrogen and oxygen atoms in total. The van der Waals surface area contributed by atoms with E-state index in [2.05, 4.69) is 5.32 Å². The lowest BCUT2D eigenvalue weighted by atomic mass is 10.2. The van der Waals surface area contributed by atoms with Crippen molar-refractivity contribution in [2.24, 2.45) is 0 Å². The van der Waals surface area contributed by atoms with Gasteiger partial charge in [-0.15, -0.1) is 11.3 Å². The van der Waals surface area contributed by atoms with Crippen LogP contribution in [0.15, 0.2) is 17.5 Å². The summed E-state index contributed by atoms with van der Waals surface area (Å²) in [6, 6.07) is 3.62. The van der Waals surface area contributed by atoms with Crippen molar-refractivity contribution in [3.63, 3.8) is 0 Å². The van der Waals surface area contributed by atoms with E-state index < -0.39 is 0 Å². The monoisotopic (exact) mass is 255 g/mol. The van der Waals surface area contributed by atoms with E-state index in [0.717, 1.165) is 11.3 Å². The van der Waals surface area contributed by atoms with E-state index in [0.29, 0.717) is 13.2 Å². The van der Waals surface area contributed by atoms with Gasteiger partial charge >= 0.3 is 0 Å². The molecule has 1 N–H and O–H groups in total. The van der Waals surface area contributed by atoms with E-state index in [1.165, 1.54) is 11.3 Å². The summed E-state index contributed by atoms with van der Waals surface area (Å²) < 4.78 is 4.87. The number of rotatable bonds is 8. The van der Waals surface area contributed by atoms with Gasteiger partial charge in [0.2, 0.25) is 5.91 Å². The van der Waals surface area contributed by atoms with Crippen LogP contribution in [0, 0.1) is 0 Å². The van der Waals surface area contributed by atoms with Gasteiger partial charge in [-0.05, 0) is 17.9 Å². The first-order valence-electron chi connectivity index (χ1n) is 5.56. The number of nitrogens with one attached hydrogen (secondary N) is 1. The summed E-state index contributed by atoms with van der Waals surface area (Å²) in [5, 5.41) is 4.61. The predicted octanol–water partition coefficient (Wildman–Crippen LogP) is 1.86. The maximum atomic E-state index is 11.6. The highest BCUT2D eigenvalue weighted by Crippen LogP contribution is 2.12. The molecular formula is C12H17NO3S. The molecule has 0 aliphatic carbocycles. The summed E-state index contributed by atoms with van der Waals surface area (Å²) in [5.74, 6) is -0.0435. The topological polar surface area (TPSA) is 55.4 Å². The average Bonchev–Trinajstić information content (AvgIpc) is 2.85. The van der Waals surface area contributed by atoms with Gasteiger partial charge in [0.05, 0.1) is 4.88 Å². The summed E-state index contributed by atoms with van der Waals surface area (Å²) in [6.07, 6.45) is 1.32. The fourth-order valence-corrected chi connectivity index (χ4v) is 2.01. The molecule has 0 saturated heterocycles. The van der Waals surface area contributed by atoms with E-state index in [1.807, 2.05) is 11.4 Å². The van der Waals surface area contributed by atoms with Crippen molar-refractivity contribution in [2.45, 2.75) is 19.3 Å². The highest BCUT2D eigenvalue weighted by molar-refractivity contribution is 7.12. The molecular weight excluding hydrogens is 238 g/mol. The summed E-state index contributed by atoms with van der Waals surface area (Å²) in [4.78, 5) is 23.7. The summed E-state index contributed by atoms with van der Waals surface area (Å²) in [6.45, 7) is 1.23. The average molecular weight is 255 g/mol. The van der Waals surface area contributed by atoms with Crippen LogP contribution in [0.3, 0.4) is 0 Å². The molecule has 1 heterocycles. The zero-order chi connectivity index (χ0) is 12.5. The second kappa shape index (κ2) is 7.97. The van der Waals surface area contributed by atoms with E-state index in [9.17, 15) is 9.59 Å². The number of amides is 1. The zero-order valence-corrected chi connectivity index (χ0v) is 10.7. The molecule has 1 amide bonds. The van der Waals surface area contributed by atoms with E-state index in [1.54, 1.807) is 13.2 Å². The summed E-state index contributed by atoms with van der Waals surface area (Å²) >= 11 is 1.41. The number of hydrogen-bond donors (Lipinski definition) is 1. The number of thiophene rings is 1. The van der Waals surface area contributed by atoms with E-state index in [-0.39, 0.29) is 24.5 Å². The molecule has 0 atom stereocenters. The SMILES string of the molecule is COCCCNC(=O)CCC(=O)c1cccs1. The number of carbonyl (C=O) groups excluding carboxylic acids is 2. The molecule has 0 fully saturated rings. The molecule has 0 spiro atoms. The number of carbonyl (C=O) groups is 2. The van der Waals surface area contributed by atoms with Gasteiger partial charge in [-0.1, -0.05) is 6.07 Å². The van der Waals surface area contributed by atoms with Crippen LogP contribution in [-0.2, 0) is 9.53 Å². The molecule has 0 aliphatic heterocycles. The van der Waals surface area contributed by atoms with Crippen molar-refractivity contribution < 1.29 is 14.3 Å². The quantitative estimate of drug-likeness (QED) is 0.570. The third-order valence-electron chi connectivity index (χ3n) is 2.22. The number of Topliss-reactive ketones (excluding diaryl/α,β-unsaturated/α-hetero) is 1. The molecule has 94 valence electrons. The minimum absolute atomic E-state index is 0.0343. The molecule has 0 saturated carbocycles. The third-order valence-corrected chi connectivity index (χ3v) is 3.13. The van der Waals surface area contributed by atoms with Gasteiger partial charge in [0.15, 0.2) is 5.78 Å². The molecule has 0 unspecified atom stereocenters. The molecule has 1 rings (SSSR count). The van der Waals surface area contributed by atoms with Gasteiger partial charge in [-0.3, -0.25) is 9.59 Å². The minimum Gasteiger partial charge on any atom is -0.385 e. The van der Waals surface area contributed by atoms with Crippen LogP contribution in [0.25, 0.3) is 0 Å². The Labute approximate surface area is 105 Å². The number of ether oxygens (including phenoxy) is 1. The lowest BCUT2D eigenvalue weighted by molar-refractivity contribution is -0.121. The minimum atomic E-state index is -0.0778. The Kier molecular flexibility index (Phi) is 6.50. The van der Waals surface area contributed by atoms with Crippen molar-refractivity contribution in [3.05, 3.63) is 22.4 Å². The Balaban J connectivity index is 2.13. The summed E-state index contributed by atoms with van der Waals surface area (Å²) in [7, 11) is 1.63. The number of ketones is 1. The van der Waals surface area contributed by atoms with Gasteiger partial charge in [-0.2, -0.15) is 0 Å². The first-order chi connectivity index (χ1) is 8.24. The second-order valence-electron chi connectivity index (χ2n) is 3.60. The first kappa shape index (κ1) is 13.9. The highest BCUT2D eigenvalue weighted by atomic mass is 32.1. The van der Waals surface area contributed by atoms with Crippen LogP contribution in [0.1, 0.15) is 28.9 Å². The Morgan fingerprint density at radius 3 is 2.88 bits per heavy atom. The molecule has 0 radical (unpaired) electrons. The van der Waals surface area contributed by atoms with Crippen LogP contribution >= 0.6 is 11.3 Å². The highest BCUT2D eigenvalue weighted by Gasteiger charge is 2.09. The zero-order valence-electron chi connectivity index (χ0n) is 9.90.